The lowest BCUT2D eigenvalue weighted by Crippen LogP contribution is -2.39. The number of halogens is 1. The quantitative estimate of drug-likeness (QED) is 0.765. The van der Waals surface area contributed by atoms with E-state index in [0.29, 0.717) is 25.7 Å². The minimum atomic E-state index is -0.00621. The molecule has 1 unspecified atom stereocenters. The molecule has 0 saturated heterocycles. The van der Waals surface area contributed by atoms with E-state index in [4.69, 9.17) is 4.74 Å². The highest BCUT2D eigenvalue weighted by molar-refractivity contribution is 9.10. The number of nitrogens with zero attached hydrogens (tertiary/aromatic N) is 1. The maximum Gasteiger partial charge on any atom is 0.227 e. The summed E-state index contributed by atoms with van der Waals surface area (Å²) in [6, 6.07) is 6.38. The Bertz CT molecular complexity index is 517. The molecular weight excluding hydrogens is 344 g/mol. The summed E-state index contributed by atoms with van der Waals surface area (Å²) in [6.45, 7) is 5.91. The third kappa shape index (κ3) is 4.46. The number of hydrogen-bond donors (Lipinski definition) is 1. The molecule has 122 valence electrons. The zero-order valence-electron chi connectivity index (χ0n) is 13.6. The third-order valence-corrected chi connectivity index (χ3v) is 4.36. The lowest BCUT2D eigenvalue weighted by atomic mass is 10.1. The molecule has 0 radical (unpaired) electrons. The molecule has 0 bridgehead atoms. The van der Waals surface area contributed by atoms with E-state index in [2.05, 4.69) is 27.3 Å². The summed E-state index contributed by atoms with van der Waals surface area (Å²) in [5.41, 5.74) is 1.06. The van der Waals surface area contributed by atoms with Crippen molar-refractivity contribution in [3.8, 4) is 5.75 Å². The predicted octanol–water partition coefficient (Wildman–Crippen LogP) is 3.19. The van der Waals surface area contributed by atoms with Crippen molar-refractivity contribution >= 4 is 21.8 Å². The molecule has 1 amide bonds. The van der Waals surface area contributed by atoms with E-state index in [0.717, 1.165) is 28.6 Å². The van der Waals surface area contributed by atoms with Crippen LogP contribution in [0.15, 0.2) is 22.7 Å². The molecule has 0 heterocycles. The van der Waals surface area contributed by atoms with E-state index in [9.17, 15) is 4.79 Å². The lowest BCUT2D eigenvalue weighted by Gasteiger charge is -2.27. The van der Waals surface area contributed by atoms with E-state index in [1.54, 1.807) is 0 Å². The summed E-state index contributed by atoms with van der Waals surface area (Å²) in [4.78, 5) is 14.7. The van der Waals surface area contributed by atoms with E-state index in [-0.39, 0.29) is 11.8 Å². The summed E-state index contributed by atoms with van der Waals surface area (Å²) in [6.07, 6.45) is 2.21. The van der Waals surface area contributed by atoms with Gasteiger partial charge in [-0.3, -0.25) is 4.79 Å². The smallest absolute Gasteiger partial charge is 0.227 e. The summed E-state index contributed by atoms with van der Waals surface area (Å²) in [5.74, 6) is 1.08. The van der Waals surface area contributed by atoms with Crippen molar-refractivity contribution < 1.29 is 9.53 Å². The Labute approximate surface area is 141 Å². The molecular formula is C17H25BrN2O2. The Morgan fingerprint density at radius 1 is 1.50 bits per heavy atom. The van der Waals surface area contributed by atoms with E-state index in [1.807, 2.05) is 37.9 Å². The fraction of sp³-hybridized carbons (Fsp3) is 0.588. The largest absolute Gasteiger partial charge is 0.494 e. The van der Waals surface area contributed by atoms with Gasteiger partial charge in [-0.1, -0.05) is 22.9 Å². The monoisotopic (exact) mass is 368 g/mol. The van der Waals surface area contributed by atoms with Crippen molar-refractivity contribution in [1.82, 2.24) is 10.2 Å². The van der Waals surface area contributed by atoms with Gasteiger partial charge in [-0.15, -0.1) is 0 Å². The first kappa shape index (κ1) is 17.3. The molecule has 0 spiro atoms. The van der Waals surface area contributed by atoms with Crippen LogP contribution < -0.4 is 10.1 Å². The van der Waals surface area contributed by atoms with Crippen LogP contribution >= 0.6 is 15.9 Å². The SMILES string of the molecule is CCOc1ccc(Br)cc1CN(C(=O)C(C)CNC)C1CC1. The van der Waals surface area contributed by atoms with Crippen LogP contribution in [0.25, 0.3) is 0 Å². The van der Waals surface area contributed by atoms with Crippen molar-refractivity contribution in [1.29, 1.82) is 0 Å². The van der Waals surface area contributed by atoms with Gasteiger partial charge in [-0.05, 0) is 45.0 Å². The van der Waals surface area contributed by atoms with Crippen molar-refractivity contribution in [2.45, 2.75) is 39.3 Å². The average molecular weight is 369 g/mol. The predicted molar refractivity (Wildman–Crippen MR) is 92.0 cm³/mol. The molecule has 4 nitrogen and oxygen atoms in total. The molecule has 1 aromatic rings. The van der Waals surface area contributed by atoms with E-state index in [1.165, 1.54) is 0 Å². The first-order valence-electron chi connectivity index (χ1n) is 7.93. The highest BCUT2D eigenvalue weighted by Crippen LogP contribution is 2.32. The van der Waals surface area contributed by atoms with Gasteiger partial charge in [0.1, 0.15) is 5.75 Å². The van der Waals surface area contributed by atoms with E-state index >= 15 is 0 Å². The first-order valence-corrected chi connectivity index (χ1v) is 8.72. The highest BCUT2D eigenvalue weighted by Gasteiger charge is 2.34. The molecule has 2 rings (SSSR count). The Morgan fingerprint density at radius 2 is 2.23 bits per heavy atom. The zero-order chi connectivity index (χ0) is 16.1. The Morgan fingerprint density at radius 3 is 2.82 bits per heavy atom. The molecule has 1 aromatic carbocycles. The minimum absolute atomic E-state index is 0.00621. The van der Waals surface area contributed by atoms with Crippen molar-refractivity contribution in [2.24, 2.45) is 5.92 Å². The van der Waals surface area contributed by atoms with Crippen LogP contribution in [0.1, 0.15) is 32.3 Å². The van der Waals surface area contributed by atoms with Crippen molar-refractivity contribution in [3.63, 3.8) is 0 Å². The van der Waals surface area contributed by atoms with Crippen LogP contribution in [-0.4, -0.2) is 37.0 Å². The van der Waals surface area contributed by atoms with Gasteiger partial charge in [0, 0.05) is 35.1 Å². The second kappa shape index (κ2) is 7.97. The molecule has 0 aromatic heterocycles. The first-order chi connectivity index (χ1) is 10.6. The average Bonchev–Trinajstić information content (AvgIpc) is 3.31. The van der Waals surface area contributed by atoms with Gasteiger partial charge in [-0.25, -0.2) is 0 Å². The van der Waals surface area contributed by atoms with E-state index < -0.39 is 0 Å². The lowest BCUT2D eigenvalue weighted by molar-refractivity contribution is -0.136. The molecule has 1 saturated carbocycles. The summed E-state index contributed by atoms with van der Waals surface area (Å²) < 4.78 is 6.72. The van der Waals surface area contributed by atoms with Crippen LogP contribution in [0.3, 0.4) is 0 Å². The van der Waals surface area contributed by atoms with Crippen LogP contribution in [0, 0.1) is 5.92 Å². The Hall–Kier alpha value is -1.07. The molecule has 1 N–H and O–H groups in total. The number of carbonyl (C=O) groups is 1. The van der Waals surface area contributed by atoms with Crippen molar-refractivity contribution in [3.05, 3.63) is 28.2 Å². The van der Waals surface area contributed by atoms with Gasteiger partial charge in [0.05, 0.1) is 6.61 Å². The normalized spacial score (nSPS) is 15.5. The maximum absolute atomic E-state index is 12.7. The fourth-order valence-electron chi connectivity index (χ4n) is 2.60. The number of carbonyl (C=O) groups excluding carboxylic acids is 1. The van der Waals surface area contributed by atoms with Gasteiger partial charge in [0.15, 0.2) is 0 Å². The molecule has 22 heavy (non-hydrogen) atoms. The molecule has 1 aliphatic rings. The van der Waals surface area contributed by atoms with Crippen molar-refractivity contribution in [2.75, 3.05) is 20.2 Å². The zero-order valence-corrected chi connectivity index (χ0v) is 15.1. The van der Waals surface area contributed by atoms with Gasteiger partial charge in [0.2, 0.25) is 5.91 Å². The number of rotatable bonds is 8. The van der Waals surface area contributed by atoms with Gasteiger partial charge in [-0.2, -0.15) is 0 Å². The number of benzene rings is 1. The fourth-order valence-corrected chi connectivity index (χ4v) is 3.01. The summed E-state index contributed by atoms with van der Waals surface area (Å²) in [5, 5.41) is 3.09. The molecule has 1 fully saturated rings. The molecule has 1 aliphatic carbocycles. The molecule has 1 atom stereocenters. The highest BCUT2D eigenvalue weighted by atomic mass is 79.9. The van der Waals surface area contributed by atoms with Crippen LogP contribution in [-0.2, 0) is 11.3 Å². The number of nitrogens with one attached hydrogen (secondary N) is 1. The number of amides is 1. The minimum Gasteiger partial charge on any atom is -0.494 e. The van der Waals surface area contributed by atoms with Gasteiger partial charge < -0.3 is 15.0 Å². The second-order valence-corrected chi connectivity index (χ2v) is 6.76. The third-order valence-electron chi connectivity index (χ3n) is 3.87. The van der Waals surface area contributed by atoms with Gasteiger partial charge >= 0.3 is 0 Å². The number of hydrogen-bond acceptors (Lipinski definition) is 3. The standard InChI is InChI=1S/C17H25BrN2O2/c1-4-22-16-8-5-14(18)9-13(16)11-20(15-6-7-15)17(21)12(2)10-19-3/h5,8-9,12,15,19H,4,6-7,10-11H2,1-3H3. The molecule has 0 aliphatic heterocycles. The molecule has 5 heteroatoms. The Balaban J connectivity index is 2.17. The number of ether oxygens (including phenoxy) is 1. The topological polar surface area (TPSA) is 41.6 Å². The van der Waals surface area contributed by atoms with Gasteiger partial charge in [0.25, 0.3) is 0 Å². The second-order valence-electron chi connectivity index (χ2n) is 5.84. The van der Waals surface area contributed by atoms with Crippen LogP contribution in [0.2, 0.25) is 0 Å². The summed E-state index contributed by atoms with van der Waals surface area (Å²) in [7, 11) is 1.88. The maximum atomic E-state index is 12.7. The van der Waals surface area contributed by atoms with Crippen LogP contribution in [0.5, 0.6) is 5.75 Å². The summed E-state index contributed by atoms with van der Waals surface area (Å²) >= 11 is 3.51. The van der Waals surface area contributed by atoms with Crippen LogP contribution in [0.4, 0.5) is 0 Å². The Kier molecular flexibility index (Phi) is 6.26.